The molecule has 126 valence electrons. The lowest BCUT2D eigenvalue weighted by Gasteiger charge is -2.36. The minimum absolute atomic E-state index is 0.431. The van der Waals surface area contributed by atoms with Crippen molar-refractivity contribution in [3.05, 3.63) is 78.0 Å². The van der Waals surface area contributed by atoms with Gasteiger partial charge < -0.3 is 4.90 Å². The zero-order valence-electron chi connectivity index (χ0n) is 14.7. The van der Waals surface area contributed by atoms with Gasteiger partial charge in [-0.1, -0.05) is 80.4 Å². The Morgan fingerprint density at radius 2 is 1.88 bits per heavy atom. The maximum Gasteiger partial charge on any atom is 0.0941 e. The van der Waals surface area contributed by atoms with E-state index in [1.54, 1.807) is 0 Å². The molecule has 0 N–H and O–H groups in total. The molecule has 25 heavy (non-hydrogen) atoms. The van der Waals surface area contributed by atoms with Crippen LogP contribution >= 0.6 is 0 Å². The quantitative estimate of drug-likeness (QED) is 0.586. The van der Waals surface area contributed by atoms with Crippen molar-refractivity contribution in [2.75, 3.05) is 4.90 Å². The molecule has 1 unspecified atom stereocenters. The van der Waals surface area contributed by atoms with Gasteiger partial charge in [-0.3, -0.25) is 4.98 Å². The minimum atomic E-state index is 0.431. The third-order valence-electron chi connectivity index (χ3n) is 5.01. The molecule has 1 atom stereocenters. The maximum absolute atomic E-state index is 4.73. The zero-order valence-corrected chi connectivity index (χ0v) is 14.7. The molecule has 0 aliphatic carbocycles. The van der Waals surface area contributed by atoms with E-state index in [1.165, 1.54) is 41.5 Å². The number of hydrogen-bond acceptors (Lipinski definition) is 2. The molecule has 0 spiro atoms. The molecular weight excluding hydrogens is 304 g/mol. The number of benzene rings is 2. The highest BCUT2D eigenvalue weighted by molar-refractivity contribution is 5.96. The van der Waals surface area contributed by atoms with Gasteiger partial charge in [-0.05, 0) is 23.6 Å². The van der Waals surface area contributed by atoms with Crippen molar-refractivity contribution in [3.8, 4) is 0 Å². The zero-order chi connectivity index (χ0) is 17.1. The van der Waals surface area contributed by atoms with Crippen LogP contribution in [0.3, 0.4) is 0 Å². The van der Waals surface area contributed by atoms with Crippen LogP contribution in [0.25, 0.3) is 17.0 Å². The van der Waals surface area contributed by atoms with Gasteiger partial charge in [0.2, 0.25) is 0 Å². The Kier molecular flexibility index (Phi) is 4.51. The first kappa shape index (κ1) is 15.9. The second-order valence-corrected chi connectivity index (χ2v) is 6.76. The second-order valence-electron chi connectivity index (χ2n) is 6.76. The van der Waals surface area contributed by atoms with Crippen LogP contribution in [0.1, 0.15) is 37.3 Å². The topological polar surface area (TPSA) is 16.1 Å². The summed E-state index contributed by atoms with van der Waals surface area (Å²) in [4.78, 5) is 7.28. The molecule has 0 bridgehead atoms. The van der Waals surface area contributed by atoms with E-state index in [1.807, 2.05) is 12.3 Å². The van der Waals surface area contributed by atoms with Crippen molar-refractivity contribution < 1.29 is 0 Å². The fourth-order valence-corrected chi connectivity index (χ4v) is 3.71. The Morgan fingerprint density at radius 1 is 1.00 bits per heavy atom. The third-order valence-corrected chi connectivity index (χ3v) is 5.01. The van der Waals surface area contributed by atoms with Gasteiger partial charge in [-0.15, -0.1) is 0 Å². The highest BCUT2D eigenvalue weighted by Crippen LogP contribution is 2.37. The molecule has 4 rings (SSSR count). The smallest absolute Gasteiger partial charge is 0.0941 e. The fraction of sp³-hybridized carbons (Fsp3) is 0.261. The van der Waals surface area contributed by atoms with Crippen LogP contribution in [0, 0.1) is 0 Å². The molecule has 0 amide bonds. The lowest BCUT2D eigenvalue weighted by molar-refractivity contribution is 0.595. The summed E-state index contributed by atoms with van der Waals surface area (Å²) in [7, 11) is 0. The Labute approximate surface area is 149 Å². The van der Waals surface area contributed by atoms with Crippen LogP contribution in [0.4, 0.5) is 5.69 Å². The van der Waals surface area contributed by atoms with Crippen molar-refractivity contribution in [2.45, 2.75) is 38.8 Å². The average molecular weight is 328 g/mol. The molecule has 0 saturated heterocycles. The van der Waals surface area contributed by atoms with Gasteiger partial charge in [0.1, 0.15) is 0 Å². The van der Waals surface area contributed by atoms with Crippen LogP contribution < -0.4 is 4.90 Å². The van der Waals surface area contributed by atoms with Crippen molar-refractivity contribution in [2.24, 2.45) is 0 Å². The van der Waals surface area contributed by atoms with Gasteiger partial charge in [0, 0.05) is 24.2 Å². The molecule has 1 aromatic heterocycles. The predicted octanol–water partition coefficient (Wildman–Crippen LogP) is 5.83. The number of unbranched alkanes of at least 4 members (excludes halogenated alkanes) is 1. The molecule has 2 heteroatoms. The highest BCUT2D eigenvalue weighted by Gasteiger charge is 2.24. The summed E-state index contributed by atoms with van der Waals surface area (Å²) in [6, 6.07) is 19.8. The van der Waals surface area contributed by atoms with E-state index < -0.39 is 0 Å². The first-order valence-electron chi connectivity index (χ1n) is 9.23. The van der Waals surface area contributed by atoms with Crippen LogP contribution in [0.5, 0.6) is 0 Å². The fourth-order valence-electron chi connectivity index (χ4n) is 3.71. The van der Waals surface area contributed by atoms with E-state index >= 15 is 0 Å². The summed E-state index contributed by atoms with van der Waals surface area (Å²) < 4.78 is 0. The lowest BCUT2D eigenvalue weighted by Crippen LogP contribution is -2.36. The number of fused-ring (bicyclic) bond motifs is 3. The lowest BCUT2D eigenvalue weighted by atomic mass is 9.96. The molecule has 0 radical (unpaired) electrons. The van der Waals surface area contributed by atoms with Crippen molar-refractivity contribution in [1.82, 2.24) is 4.98 Å². The molecular formula is C23H24N2. The van der Waals surface area contributed by atoms with E-state index in [0.29, 0.717) is 6.04 Å². The Bertz CT molecular complexity index is 883. The highest BCUT2D eigenvalue weighted by atomic mass is 15.2. The molecule has 1 aliphatic heterocycles. The first-order valence-corrected chi connectivity index (χ1v) is 9.23. The normalized spacial score (nSPS) is 16.2. The van der Waals surface area contributed by atoms with Gasteiger partial charge in [-0.25, -0.2) is 0 Å². The van der Waals surface area contributed by atoms with Gasteiger partial charge in [0.25, 0.3) is 0 Å². The summed E-state index contributed by atoms with van der Waals surface area (Å²) in [6.07, 6.45) is 10.2. The van der Waals surface area contributed by atoms with Crippen LogP contribution in [0.2, 0.25) is 0 Å². The van der Waals surface area contributed by atoms with Gasteiger partial charge in [0.15, 0.2) is 0 Å². The third kappa shape index (κ3) is 3.17. The number of pyridine rings is 1. The number of hydrogen-bond donors (Lipinski definition) is 0. The summed E-state index contributed by atoms with van der Waals surface area (Å²) in [5.41, 5.74) is 5.01. The Balaban J connectivity index is 1.81. The second kappa shape index (κ2) is 7.10. The molecule has 3 aromatic rings. The van der Waals surface area contributed by atoms with E-state index in [9.17, 15) is 0 Å². The summed E-state index contributed by atoms with van der Waals surface area (Å²) >= 11 is 0. The molecule has 2 heterocycles. The summed E-state index contributed by atoms with van der Waals surface area (Å²) in [6.45, 7) is 3.18. The maximum atomic E-state index is 4.73. The van der Waals surface area contributed by atoms with Gasteiger partial charge in [-0.2, -0.15) is 0 Å². The Morgan fingerprint density at radius 3 is 2.72 bits per heavy atom. The van der Waals surface area contributed by atoms with E-state index in [0.717, 1.165) is 12.1 Å². The molecule has 1 aliphatic rings. The number of aromatic nitrogens is 1. The largest absolute Gasteiger partial charge is 0.359 e. The summed E-state index contributed by atoms with van der Waals surface area (Å²) in [5.74, 6) is 0. The Hall–Kier alpha value is -2.61. The van der Waals surface area contributed by atoms with Crippen LogP contribution in [-0.2, 0) is 6.54 Å². The van der Waals surface area contributed by atoms with Gasteiger partial charge in [0.05, 0.1) is 11.2 Å². The average Bonchev–Trinajstić information content (AvgIpc) is 2.67. The van der Waals surface area contributed by atoms with Crippen LogP contribution in [-0.4, -0.2) is 11.0 Å². The summed E-state index contributed by atoms with van der Waals surface area (Å²) in [5, 5.41) is 1.21. The monoisotopic (exact) mass is 328 g/mol. The van der Waals surface area contributed by atoms with E-state index in [4.69, 9.17) is 4.98 Å². The predicted molar refractivity (Wildman–Crippen MR) is 107 cm³/mol. The minimum Gasteiger partial charge on any atom is -0.359 e. The molecule has 0 saturated carbocycles. The van der Waals surface area contributed by atoms with Crippen molar-refractivity contribution in [3.63, 3.8) is 0 Å². The van der Waals surface area contributed by atoms with Crippen LogP contribution in [0.15, 0.2) is 66.9 Å². The number of anilines is 1. The molecule has 2 aromatic carbocycles. The number of nitrogens with zero attached hydrogens (tertiary/aromatic N) is 2. The van der Waals surface area contributed by atoms with Crippen molar-refractivity contribution in [1.29, 1.82) is 0 Å². The van der Waals surface area contributed by atoms with E-state index in [-0.39, 0.29) is 0 Å². The van der Waals surface area contributed by atoms with Crippen molar-refractivity contribution >= 4 is 22.7 Å². The van der Waals surface area contributed by atoms with Gasteiger partial charge >= 0.3 is 0 Å². The SMILES string of the molecule is CCCCC1C=Cc2ccc3cccnc3c2N1Cc1ccccc1. The number of rotatable bonds is 5. The first-order chi connectivity index (χ1) is 12.4. The molecule has 2 nitrogen and oxygen atoms in total. The standard InChI is InChI=1S/C23H24N2/c1-2-3-11-21-15-14-20-13-12-19-10-7-16-24-22(19)23(20)25(21)17-18-8-5-4-6-9-18/h4-10,12-16,21H,2-3,11,17H2,1H3. The van der Waals surface area contributed by atoms with E-state index in [2.05, 4.69) is 72.5 Å². The molecule has 0 fully saturated rings.